The molecular weight excluding hydrogens is 548 g/mol. The average Bonchev–Trinajstić information content (AvgIpc) is 3.54. The van der Waals surface area contributed by atoms with Gasteiger partial charge in [0.15, 0.2) is 5.13 Å². The molecule has 1 N–H and O–H groups in total. The summed E-state index contributed by atoms with van der Waals surface area (Å²) in [5.41, 5.74) is 3.80. The summed E-state index contributed by atoms with van der Waals surface area (Å²) in [5.74, 6) is -0.588. The Balaban J connectivity index is 1.46. The molecule has 1 aromatic heterocycles. The molecule has 6 rings (SSSR count). The van der Waals surface area contributed by atoms with Gasteiger partial charge in [0.25, 0.3) is 5.78 Å². The lowest BCUT2D eigenvalue weighted by Crippen LogP contribution is -2.29. The number of ketones is 1. The fourth-order valence-electron chi connectivity index (χ4n) is 5.01. The van der Waals surface area contributed by atoms with Crippen LogP contribution in [0.2, 0.25) is 0 Å². The predicted molar refractivity (Wildman–Crippen MR) is 164 cm³/mol. The molecule has 42 heavy (non-hydrogen) atoms. The Kier molecular flexibility index (Phi) is 7.46. The molecule has 2 heterocycles. The number of rotatable bonds is 8. The molecule has 0 bridgehead atoms. The van der Waals surface area contributed by atoms with Crippen LogP contribution >= 0.6 is 11.3 Å². The maximum absolute atomic E-state index is 13.7. The number of hydrogen-bond donors (Lipinski definition) is 1. The van der Waals surface area contributed by atoms with Crippen molar-refractivity contribution in [1.29, 1.82) is 0 Å². The molecule has 0 radical (unpaired) electrons. The van der Waals surface area contributed by atoms with Gasteiger partial charge in [0.05, 0.1) is 28.4 Å². The molecule has 0 aliphatic carbocycles. The van der Waals surface area contributed by atoms with Crippen molar-refractivity contribution >= 4 is 44.1 Å². The highest BCUT2D eigenvalue weighted by atomic mass is 32.1. The SMILES string of the molecule is CCOc1ccc(C(O)=C2C(=O)C(=O)N(c3nc4ccc(C)cc4s3)C2c2cccc(OCc3ccccc3)c2)cc1. The molecule has 0 spiro atoms. The minimum atomic E-state index is -0.918. The van der Waals surface area contributed by atoms with Crippen LogP contribution in [0.15, 0.2) is 103 Å². The molecule has 0 saturated carbocycles. The minimum absolute atomic E-state index is 0.0141. The fourth-order valence-corrected chi connectivity index (χ4v) is 6.10. The summed E-state index contributed by atoms with van der Waals surface area (Å²) in [5, 5.41) is 11.9. The van der Waals surface area contributed by atoms with E-state index in [0.717, 1.165) is 21.3 Å². The number of fused-ring (bicyclic) bond motifs is 1. The van der Waals surface area contributed by atoms with E-state index in [1.165, 1.54) is 16.2 Å². The Bertz CT molecular complexity index is 1810. The standard InChI is InChI=1S/C34H28N2O5S/c1-3-40-25-15-13-23(14-16-25)31(37)29-30(24-10-7-11-26(19-24)41-20-22-8-5-4-6-9-22)36(33(39)32(29)38)34-35-27-17-12-21(2)18-28(27)42-34/h4-19,30,37H,3,20H2,1-2H3. The predicted octanol–water partition coefficient (Wildman–Crippen LogP) is 7.21. The number of aromatic nitrogens is 1. The maximum Gasteiger partial charge on any atom is 0.301 e. The minimum Gasteiger partial charge on any atom is -0.507 e. The zero-order chi connectivity index (χ0) is 29.2. The largest absolute Gasteiger partial charge is 0.507 e. The normalized spacial score (nSPS) is 16.2. The van der Waals surface area contributed by atoms with Crippen LogP contribution in [0.3, 0.4) is 0 Å². The zero-order valence-electron chi connectivity index (χ0n) is 23.1. The second kappa shape index (κ2) is 11.5. The van der Waals surface area contributed by atoms with Crippen molar-refractivity contribution < 1.29 is 24.2 Å². The van der Waals surface area contributed by atoms with Crippen LogP contribution in [0.25, 0.3) is 16.0 Å². The van der Waals surface area contributed by atoms with E-state index >= 15 is 0 Å². The zero-order valence-corrected chi connectivity index (χ0v) is 23.9. The third-order valence-electron chi connectivity index (χ3n) is 7.04. The number of aliphatic hydroxyl groups excluding tert-OH is 1. The summed E-state index contributed by atoms with van der Waals surface area (Å²) in [7, 11) is 0. The molecule has 4 aromatic carbocycles. The molecule has 7 nitrogen and oxygen atoms in total. The average molecular weight is 577 g/mol. The lowest BCUT2D eigenvalue weighted by Gasteiger charge is -2.23. The van der Waals surface area contributed by atoms with E-state index in [1.807, 2.05) is 80.6 Å². The van der Waals surface area contributed by atoms with Crippen LogP contribution in [0.4, 0.5) is 5.13 Å². The molecule has 210 valence electrons. The van der Waals surface area contributed by atoms with E-state index in [1.54, 1.807) is 30.3 Å². The van der Waals surface area contributed by atoms with E-state index in [4.69, 9.17) is 14.5 Å². The summed E-state index contributed by atoms with van der Waals surface area (Å²) in [6.45, 7) is 4.73. The third-order valence-corrected chi connectivity index (χ3v) is 8.06. The van der Waals surface area contributed by atoms with E-state index < -0.39 is 17.7 Å². The summed E-state index contributed by atoms with van der Waals surface area (Å²) in [6, 6.07) is 28.8. The number of hydrogen-bond acceptors (Lipinski definition) is 7. The fraction of sp³-hybridized carbons (Fsp3) is 0.147. The Labute approximate surface area is 247 Å². The third kappa shape index (κ3) is 5.24. The van der Waals surface area contributed by atoms with Crippen molar-refractivity contribution in [2.24, 2.45) is 0 Å². The molecular formula is C34H28N2O5S. The van der Waals surface area contributed by atoms with Gasteiger partial charge < -0.3 is 14.6 Å². The van der Waals surface area contributed by atoms with Gasteiger partial charge in [-0.05, 0) is 79.1 Å². The first-order valence-corrected chi connectivity index (χ1v) is 14.4. The summed E-state index contributed by atoms with van der Waals surface area (Å²) in [6.07, 6.45) is 0. The van der Waals surface area contributed by atoms with Crippen LogP contribution in [0.5, 0.6) is 11.5 Å². The number of Topliss-reactive ketones (excluding diaryl/α,β-unsaturated/α-hetero) is 1. The molecule has 1 atom stereocenters. The highest BCUT2D eigenvalue weighted by Crippen LogP contribution is 2.45. The molecule has 1 amide bonds. The van der Waals surface area contributed by atoms with Gasteiger partial charge >= 0.3 is 5.91 Å². The van der Waals surface area contributed by atoms with Crippen molar-refractivity contribution in [3.63, 3.8) is 0 Å². The highest BCUT2D eigenvalue weighted by molar-refractivity contribution is 7.22. The van der Waals surface area contributed by atoms with Crippen LogP contribution in [0, 0.1) is 6.92 Å². The van der Waals surface area contributed by atoms with Gasteiger partial charge in [-0.15, -0.1) is 0 Å². The van der Waals surface area contributed by atoms with Crippen molar-refractivity contribution in [3.05, 3.63) is 125 Å². The number of amides is 1. The number of ether oxygens (including phenoxy) is 2. The summed E-state index contributed by atoms with van der Waals surface area (Å²) >= 11 is 1.33. The molecule has 1 fully saturated rings. The quantitative estimate of drug-likeness (QED) is 0.119. The number of aliphatic hydroxyl groups is 1. The lowest BCUT2D eigenvalue weighted by atomic mass is 9.95. The van der Waals surface area contributed by atoms with Gasteiger partial charge in [-0.25, -0.2) is 4.98 Å². The smallest absolute Gasteiger partial charge is 0.301 e. The highest BCUT2D eigenvalue weighted by Gasteiger charge is 2.48. The van der Waals surface area contributed by atoms with Gasteiger partial charge in [-0.1, -0.05) is 59.9 Å². The Morgan fingerprint density at radius 3 is 2.45 bits per heavy atom. The van der Waals surface area contributed by atoms with Crippen molar-refractivity contribution in [3.8, 4) is 11.5 Å². The number of nitrogens with zero attached hydrogens (tertiary/aromatic N) is 2. The van der Waals surface area contributed by atoms with Gasteiger partial charge in [0.2, 0.25) is 0 Å². The van der Waals surface area contributed by atoms with Crippen LogP contribution in [-0.4, -0.2) is 28.4 Å². The Morgan fingerprint density at radius 2 is 1.69 bits per heavy atom. The molecule has 5 aromatic rings. The summed E-state index contributed by atoms with van der Waals surface area (Å²) < 4.78 is 12.5. The molecule has 1 aliphatic heterocycles. The number of aryl methyl sites for hydroxylation is 1. The van der Waals surface area contributed by atoms with E-state index in [-0.39, 0.29) is 11.3 Å². The summed E-state index contributed by atoms with van der Waals surface area (Å²) in [4.78, 5) is 33.4. The molecule has 1 saturated heterocycles. The number of carbonyl (C=O) groups excluding carboxylic acids is 2. The van der Waals surface area contributed by atoms with Crippen molar-refractivity contribution in [2.45, 2.75) is 26.5 Å². The van der Waals surface area contributed by atoms with Crippen molar-refractivity contribution in [2.75, 3.05) is 11.5 Å². The Hall–Kier alpha value is -4.95. The monoisotopic (exact) mass is 576 g/mol. The molecule has 1 unspecified atom stereocenters. The Morgan fingerprint density at radius 1 is 0.905 bits per heavy atom. The molecule has 8 heteroatoms. The van der Waals surface area contributed by atoms with E-state index in [2.05, 4.69) is 0 Å². The van der Waals surface area contributed by atoms with E-state index in [9.17, 15) is 14.7 Å². The van der Waals surface area contributed by atoms with Gasteiger partial charge in [0, 0.05) is 5.56 Å². The van der Waals surface area contributed by atoms with E-state index in [0.29, 0.717) is 41.0 Å². The second-order valence-electron chi connectivity index (χ2n) is 9.94. The van der Waals surface area contributed by atoms with Gasteiger partial charge in [-0.3, -0.25) is 14.5 Å². The number of anilines is 1. The van der Waals surface area contributed by atoms with Crippen LogP contribution in [0.1, 0.15) is 35.2 Å². The first kappa shape index (κ1) is 27.2. The van der Waals surface area contributed by atoms with Gasteiger partial charge in [0.1, 0.15) is 23.9 Å². The first-order chi connectivity index (χ1) is 20.4. The topological polar surface area (TPSA) is 89.0 Å². The van der Waals surface area contributed by atoms with Gasteiger partial charge in [-0.2, -0.15) is 0 Å². The molecule has 1 aliphatic rings. The first-order valence-electron chi connectivity index (χ1n) is 13.6. The number of carbonyl (C=O) groups is 2. The van der Waals surface area contributed by atoms with Crippen LogP contribution < -0.4 is 14.4 Å². The number of thiazole rings is 1. The lowest BCUT2D eigenvalue weighted by molar-refractivity contribution is -0.132. The number of benzene rings is 4. The van der Waals surface area contributed by atoms with Crippen LogP contribution in [-0.2, 0) is 16.2 Å². The maximum atomic E-state index is 13.7. The second-order valence-corrected chi connectivity index (χ2v) is 10.9. The van der Waals surface area contributed by atoms with Crippen molar-refractivity contribution in [1.82, 2.24) is 4.98 Å².